The van der Waals surface area contributed by atoms with E-state index in [9.17, 15) is 0 Å². The van der Waals surface area contributed by atoms with Crippen molar-refractivity contribution in [3.05, 3.63) is 35.4 Å². The zero-order chi connectivity index (χ0) is 10.7. The molecule has 0 atom stereocenters. The lowest BCUT2D eigenvalue weighted by molar-refractivity contribution is 0.348. The maximum Gasteiger partial charge on any atom is 0.0283 e. The second-order valence-corrected chi connectivity index (χ2v) is 5.39. The summed E-state index contributed by atoms with van der Waals surface area (Å²) in [5.41, 5.74) is 2.93. The minimum absolute atomic E-state index is 0.825. The molecule has 82 valence electrons. The van der Waals surface area contributed by atoms with Gasteiger partial charge in [0, 0.05) is 5.33 Å². The van der Waals surface area contributed by atoms with Gasteiger partial charge in [0.1, 0.15) is 0 Å². The minimum atomic E-state index is 0.825. The largest absolute Gasteiger partial charge is 0.0876 e. The van der Waals surface area contributed by atoms with Gasteiger partial charge in [0.25, 0.3) is 0 Å². The number of alkyl halides is 1. The normalized spacial score (nSPS) is 26.5. The van der Waals surface area contributed by atoms with Gasteiger partial charge in [0.05, 0.1) is 0 Å². The average Bonchev–Trinajstić information content (AvgIpc) is 2.30. The van der Waals surface area contributed by atoms with Crippen LogP contribution < -0.4 is 0 Å². The molecule has 1 saturated carbocycles. The van der Waals surface area contributed by atoms with Crippen LogP contribution >= 0.6 is 15.9 Å². The highest BCUT2D eigenvalue weighted by molar-refractivity contribution is 9.08. The molecule has 0 saturated heterocycles. The number of halogens is 1. The van der Waals surface area contributed by atoms with Crippen LogP contribution in [0.5, 0.6) is 0 Å². The molecule has 0 N–H and O–H groups in total. The number of rotatable bonds is 2. The number of hydrogen-bond acceptors (Lipinski definition) is 0. The summed E-state index contributed by atoms with van der Waals surface area (Å²) in [5.74, 6) is 1.77. The van der Waals surface area contributed by atoms with E-state index >= 15 is 0 Å². The molecule has 0 aliphatic heterocycles. The summed E-state index contributed by atoms with van der Waals surface area (Å²) in [6.07, 6.45) is 5.58. The summed E-state index contributed by atoms with van der Waals surface area (Å²) in [6.45, 7) is 2.38. The molecule has 0 radical (unpaired) electrons. The van der Waals surface area contributed by atoms with Crippen LogP contribution in [0.2, 0.25) is 0 Å². The Morgan fingerprint density at radius 2 is 1.67 bits per heavy atom. The third-order valence-electron chi connectivity index (χ3n) is 3.62. The van der Waals surface area contributed by atoms with E-state index in [-0.39, 0.29) is 0 Å². The van der Waals surface area contributed by atoms with Gasteiger partial charge in [0.2, 0.25) is 0 Å². The van der Waals surface area contributed by atoms with Gasteiger partial charge < -0.3 is 0 Å². The van der Waals surface area contributed by atoms with E-state index in [4.69, 9.17) is 0 Å². The van der Waals surface area contributed by atoms with Crippen molar-refractivity contribution in [3.63, 3.8) is 0 Å². The lowest BCUT2D eigenvalue weighted by atomic mass is 9.79. The summed E-state index contributed by atoms with van der Waals surface area (Å²) < 4.78 is 0. The van der Waals surface area contributed by atoms with Crippen LogP contribution in [0, 0.1) is 5.92 Å². The molecule has 0 amide bonds. The van der Waals surface area contributed by atoms with E-state index < -0.39 is 0 Å². The average molecular weight is 267 g/mol. The Morgan fingerprint density at radius 3 is 2.20 bits per heavy atom. The first-order valence-electron chi connectivity index (χ1n) is 5.94. The Kier molecular flexibility index (Phi) is 3.85. The predicted octanol–water partition coefficient (Wildman–Crippen LogP) is 4.88. The summed E-state index contributed by atoms with van der Waals surface area (Å²) in [4.78, 5) is 0. The van der Waals surface area contributed by atoms with Crippen LogP contribution in [-0.2, 0) is 5.33 Å². The summed E-state index contributed by atoms with van der Waals surface area (Å²) in [5, 5.41) is 0.967. The van der Waals surface area contributed by atoms with Crippen molar-refractivity contribution in [2.45, 2.75) is 43.9 Å². The number of benzene rings is 1. The Morgan fingerprint density at radius 1 is 1.07 bits per heavy atom. The zero-order valence-corrected chi connectivity index (χ0v) is 11.0. The fraction of sp³-hybridized carbons (Fsp3) is 0.571. The van der Waals surface area contributed by atoms with Crippen LogP contribution in [0.3, 0.4) is 0 Å². The van der Waals surface area contributed by atoms with E-state index in [1.165, 1.54) is 31.2 Å². The lowest BCUT2D eigenvalue weighted by Crippen LogP contribution is -2.10. The van der Waals surface area contributed by atoms with Crippen molar-refractivity contribution in [1.82, 2.24) is 0 Å². The first-order valence-corrected chi connectivity index (χ1v) is 7.06. The zero-order valence-electron chi connectivity index (χ0n) is 9.38. The molecule has 0 nitrogen and oxygen atoms in total. The molecule has 0 aromatic heterocycles. The maximum absolute atomic E-state index is 3.49. The van der Waals surface area contributed by atoms with Crippen LogP contribution in [0.25, 0.3) is 0 Å². The lowest BCUT2D eigenvalue weighted by Gasteiger charge is -2.26. The highest BCUT2D eigenvalue weighted by atomic mass is 79.9. The third-order valence-corrected chi connectivity index (χ3v) is 4.27. The Balaban J connectivity index is 2.03. The van der Waals surface area contributed by atoms with Crippen molar-refractivity contribution >= 4 is 15.9 Å². The SMILES string of the molecule is C[C@H]1CC[C@H](c2ccc(CBr)cc2)CC1. The van der Waals surface area contributed by atoms with Crippen LogP contribution in [-0.4, -0.2) is 0 Å². The molecule has 0 bridgehead atoms. The Bertz CT molecular complexity index is 294. The molecule has 2 rings (SSSR count). The van der Waals surface area contributed by atoms with Crippen LogP contribution in [0.4, 0.5) is 0 Å². The molecular formula is C14H19Br. The first-order chi connectivity index (χ1) is 7.29. The fourth-order valence-corrected chi connectivity index (χ4v) is 2.85. The molecule has 1 aliphatic rings. The molecule has 1 aromatic rings. The molecule has 1 aromatic carbocycles. The standard InChI is InChI=1S/C14H19Br/c1-11-2-6-13(7-3-11)14-8-4-12(10-15)5-9-14/h4-5,8-9,11,13H,2-3,6-7,10H2,1H3/t11-,13-. The van der Waals surface area contributed by atoms with E-state index in [1.54, 1.807) is 5.56 Å². The predicted molar refractivity (Wildman–Crippen MR) is 69.4 cm³/mol. The molecule has 1 fully saturated rings. The molecule has 15 heavy (non-hydrogen) atoms. The topological polar surface area (TPSA) is 0 Å². The summed E-state index contributed by atoms with van der Waals surface area (Å²) in [7, 11) is 0. The quantitative estimate of drug-likeness (QED) is 0.670. The van der Waals surface area contributed by atoms with Crippen LogP contribution in [0.15, 0.2) is 24.3 Å². The molecular weight excluding hydrogens is 248 g/mol. The highest BCUT2D eigenvalue weighted by Gasteiger charge is 2.19. The van der Waals surface area contributed by atoms with E-state index in [0.29, 0.717) is 0 Å². The van der Waals surface area contributed by atoms with Crippen LogP contribution in [0.1, 0.15) is 49.7 Å². The Hall–Kier alpha value is -0.300. The monoisotopic (exact) mass is 266 g/mol. The smallest absolute Gasteiger partial charge is 0.0283 e. The van der Waals surface area contributed by atoms with Gasteiger partial charge in [-0.15, -0.1) is 0 Å². The fourth-order valence-electron chi connectivity index (χ4n) is 2.47. The van der Waals surface area contributed by atoms with E-state index in [1.807, 2.05) is 0 Å². The van der Waals surface area contributed by atoms with Crippen molar-refractivity contribution in [3.8, 4) is 0 Å². The maximum atomic E-state index is 3.49. The molecule has 1 aliphatic carbocycles. The molecule has 1 heteroatoms. The van der Waals surface area contributed by atoms with Gasteiger partial charge in [0.15, 0.2) is 0 Å². The van der Waals surface area contributed by atoms with Gasteiger partial charge >= 0.3 is 0 Å². The molecule has 0 heterocycles. The van der Waals surface area contributed by atoms with Crippen molar-refractivity contribution in [2.75, 3.05) is 0 Å². The third kappa shape index (κ3) is 2.84. The van der Waals surface area contributed by atoms with Crippen molar-refractivity contribution in [2.24, 2.45) is 5.92 Å². The highest BCUT2D eigenvalue weighted by Crippen LogP contribution is 2.35. The second-order valence-electron chi connectivity index (χ2n) is 4.83. The van der Waals surface area contributed by atoms with E-state index in [2.05, 4.69) is 47.1 Å². The van der Waals surface area contributed by atoms with Gasteiger partial charge in [-0.25, -0.2) is 0 Å². The second kappa shape index (κ2) is 5.16. The van der Waals surface area contributed by atoms with Crippen molar-refractivity contribution in [1.29, 1.82) is 0 Å². The molecule has 0 spiro atoms. The Labute approximate surface area is 101 Å². The van der Waals surface area contributed by atoms with E-state index in [0.717, 1.165) is 17.2 Å². The first kappa shape index (κ1) is 11.2. The van der Waals surface area contributed by atoms with Gasteiger partial charge in [-0.05, 0) is 35.8 Å². The minimum Gasteiger partial charge on any atom is -0.0876 e. The van der Waals surface area contributed by atoms with Gasteiger partial charge in [-0.1, -0.05) is 60.0 Å². The number of hydrogen-bond donors (Lipinski definition) is 0. The molecule has 0 unspecified atom stereocenters. The van der Waals surface area contributed by atoms with Gasteiger partial charge in [-0.2, -0.15) is 0 Å². The van der Waals surface area contributed by atoms with Gasteiger partial charge in [-0.3, -0.25) is 0 Å². The summed E-state index contributed by atoms with van der Waals surface area (Å²) in [6, 6.07) is 9.14. The van der Waals surface area contributed by atoms with Crippen molar-refractivity contribution < 1.29 is 0 Å². The summed E-state index contributed by atoms with van der Waals surface area (Å²) >= 11 is 3.49.